The van der Waals surface area contributed by atoms with Gasteiger partial charge in [-0.05, 0) is 45.6 Å². The van der Waals surface area contributed by atoms with E-state index in [0.29, 0.717) is 0 Å². The van der Waals surface area contributed by atoms with E-state index in [0.717, 1.165) is 25.2 Å². The molecule has 1 rings (SSSR count). The van der Waals surface area contributed by atoms with Gasteiger partial charge in [-0.25, -0.2) is 0 Å². The Morgan fingerprint density at radius 1 is 1.50 bits per heavy atom. The van der Waals surface area contributed by atoms with Gasteiger partial charge < -0.3 is 10.1 Å². The van der Waals surface area contributed by atoms with Gasteiger partial charge in [-0.2, -0.15) is 0 Å². The Bertz CT molecular complexity index is 112. The van der Waals surface area contributed by atoms with E-state index in [4.69, 9.17) is 4.74 Å². The van der Waals surface area contributed by atoms with Crippen molar-refractivity contribution in [2.24, 2.45) is 5.92 Å². The van der Waals surface area contributed by atoms with Gasteiger partial charge in [0.25, 0.3) is 0 Å². The molecule has 0 aromatic carbocycles. The van der Waals surface area contributed by atoms with Gasteiger partial charge in [0.1, 0.15) is 0 Å². The fourth-order valence-electron chi connectivity index (χ4n) is 1.66. The Hall–Kier alpha value is -0.0800. The number of ether oxygens (including phenoxy) is 1. The molecule has 1 fully saturated rings. The molecular weight excluding hydrogens is 150 g/mol. The molecule has 0 radical (unpaired) electrons. The van der Waals surface area contributed by atoms with E-state index in [9.17, 15) is 0 Å². The fraction of sp³-hybridized carbons (Fsp3) is 1.00. The highest BCUT2D eigenvalue weighted by Gasteiger charge is 2.29. The van der Waals surface area contributed by atoms with Crippen molar-refractivity contribution in [1.29, 1.82) is 0 Å². The molecule has 0 bridgehead atoms. The summed E-state index contributed by atoms with van der Waals surface area (Å²) in [4.78, 5) is 0. The Kier molecular flexibility index (Phi) is 4.62. The minimum absolute atomic E-state index is 0.755. The molecule has 12 heavy (non-hydrogen) atoms. The third-order valence-electron chi connectivity index (χ3n) is 2.57. The number of hydrogen-bond donors (Lipinski definition) is 1. The van der Waals surface area contributed by atoms with Gasteiger partial charge in [-0.3, -0.25) is 0 Å². The van der Waals surface area contributed by atoms with Crippen LogP contribution in [0.4, 0.5) is 0 Å². The van der Waals surface area contributed by atoms with Gasteiger partial charge >= 0.3 is 0 Å². The highest BCUT2D eigenvalue weighted by atomic mass is 16.5. The summed E-state index contributed by atoms with van der Waals surface area (Å²) in [6, 6.07) is 0.755. The summed E-state index contributed by atoms with van der Waals surface area (Å²) in [5, 5.41) is 3.39. The summed E-state index contributed by atoms with van der Waals surface area (Å²) < 4.78 is 5.30. The van der Waals surface area contributed by atoms with Crippen LogP contribution in [-0.4, -0.2) is 26.3 Å². The molecular formula is C10H21NO. The summed E-state index contributed by atoms with van der Waals surface area (Å²) in [7, 11) is 2.07. The summed E-state index contributed by atoms with van der Waals surface area (Å²) >= 11 is 0. The molecule has 0 aromatic heterocycles. The Balaban J connectivity index is 1.95. The second kappa shape index (κ2) is 5.55. The second-order valence-corrected chi connectivity index (χ2v) is 3.57. The maximum atomic E-state index is 5.30. The highest BCUT2D eigenvalue weighted by Crippen LogP contribution is 2.34. The molecule has 1 N–H and O–H groups in total. The van der Waals surface area contributed by atoms with Crippen molar-refractivity contribution in [3.8, 4) is 0 Å². The van der Waals surface area contributed by atoms with Gasteiger partial charge in [0.15, 0.2) is 0 Å². The predicted octanol–water partition coefficient (Wildman–Crippen LogP) is 1.80. The topological polar surface area (TPSA) is 21.3 Å². The third-order valence-corrected chi connectivity index (χ3v) is 2.57. The molecule has 1 atom stereocenters. The fourth-order valence-corrected chi connectivity index (χ4v) is 1.66. The number of nitrogens with one attached hydrogen (secondary N) is 1. The molecule has 72 valence electrons. The lowest BCUT2D eigenvalue weighted by Gasteiger charge is -2.14. The molecule has 0 aliphatic heterocycles. The van der Waals surface area contributed by atoms with E-state index in [1.54, 1.807) is 0 Å². The van der Waals surface area contributed by atoms with Gasteiger partial charge in [0, 0.05) is 19.3 Å². The number of hydrogen-bond acceptors (Lipinski definition) is 2. The van der Waals surface area contributed by atoms with Crippen molar-refractivity contribution in [1.82, 2.24) is 5.32 Å². The van der Waals surface area contributed by atoms with Crippen molar-refractivity contribution < 1.29 is 4.74 Å². The van der Waals surface area contributed by atoms with E-state index in [2.05, 4.69) is 19.3 Å². The van der Waals surface area contributed by atoms with Gasteiger partial charge in [0.05, 0.1) is 0 Å². The first-order valence-electron chi connectivity index (χ1n) is 5.13. The van der Waals surface area contributed by atoms with Crippen molar-refractivity contribution in [3.63, 3.8) is 0 Å². The van der Waals surface area contributed by atoms with Crippen LogP contribution in [0, 0.1) is 5.92 Å². The Labute approximate surface area is 75.7 Å². The lowest BCUT2D eigenvalue weighted by molar-refractivity contribution is 0.140. The van der Waals surface area contributed by atoms with Crippen molar-refractivity contribution >= 4 is 0 Å². The molecule has 0 aromatic rings. The van der Waals surface area contributed by atoms with E-state index in [-0.39, 0.29) is 0 Å². The van der Waals surface area contributed by atoms with Gasteiger partial charge in [0.2, 0.25) is 0 Å². The van der Waals surface area contributed by atoms with Crippen molar-refractivity contribution in [2.45, 2.75) is 38.6 Å². The monoisotopic (exact) mass is 171 g/mol. The van der Waals surface area contributed by atoms with Crippen molar-refractivity contribution in [2.75, 3.05) is 20.3 Å². The first kappa shape index (κ1) is 10.0. The molecule has 0 amide bonds. The molecule has 1 aliphatic rings. The third kappa shape index (κ3) is 3.55. The zero-order valence-electron chi connectivity index (χ0n) is 8.31. The quantitative estimate of drug-likeness (QED) is 0.590. The van der Waals surface area contributed by atoms with Gasteiger partial charge in [-0.1, -0.05) is 0 Å². The van der Waals surface area contributed by atoms with Crippen LogP contribution in [0.5, 0.6) is 0 Å². The molecule has 0 spiro atoms. The van der Waals surface area contributed by atoms with E-state index >= 15 is 0 Å². The van der Waals surface area contributed by atoms with E-state index in [1.165, 1.54) is 25.7 Å². The van der Waals surface area contributed by atoms with Crippen LogP contribution in [-0.2, 0) is 4.74 Å². The molecule has 0 heterocycles. The lowest BCUT2D eigenvalue weighted by atomic mass is 10.1. The maximum Gasteiger partial charge on any atom is 0.0466 e. The summed E-state index contributed by atoms with van der Waals surface area (Å²) in [5.41, 5.74) is 0. The molecule has 1 aliphatic carbocycles. The van der Waals surface area contributed by atoms with Crippen LogP contribution in [0.25, 0.3) is 0 Å². The van der Waals surface area contributed by atoms with Crippen molar-refractivity contribution in [3.05, 3.63) is 0 Å². The minimum Gasteiger partial charge on any atom is -0.382 e. The Morgan fingerprint density at radius 2 is 2.25 bits per heavy atom. The first-order chi connectivity index (χ1) is 5.88. The second-order valence-electron chi connectivity index (χ2n) is 3.57. The van der Waals surface area contributed by atoms with Crippen LogP contribution < -0.4 is 5.32 Å². The molecule has 2 heteroatoms. The van der Waals surface area contributed by atoms with Crippen LogP contribution in [0.15, 0.2) is 0 Å². The Morgan fingerprint density at radius 3 is 2.75 bits per heavy atom. The molecule has 0 saturated heterocycles. The number of rotatable bonds is 7. The molecule has 2 nitrogen and oxygen atoms in total. The largest absolute Gasteiger partial charge is 0.382 e. The SMILES string of the molecule is CCOCCCC(NC)C1CC1. The van der Waals surface area contributed by atoms with Crippen LogP contribution in [0.2, 0.25) is 0 Å². The van der Waals surface area contributed by atoms with Crippen LogP contribution in [0.3, 0.4) is 0 Å². The zero-order valence-corrected chi connectivity index (χ0v) is 8.31. The summed E-state index contributed by atoms with van der Waals surface area (Å²) in [5.74, 6) is 0.969. The average molecular weight is 171 g/mol. The maximum absolute atomic E-state index is 5.30. The van der Waals surface area contributed by atoms with E-state index in [1.807, 2.05) is 0 Å². The lowest BCUT2D eigenvalue weighted by Crippen LogP contribution is -2.27. The van der Waals surface area contributed by atoms with Crippen LogP contribution in [0.1, 0.15) is 32.6 Å². The average Bonchev–Trinajstić information content (AvgIpc) is 2.88. The van der Waals surface area contributed by atoms with Gasteiger partial charge in [-0.15, -0.1) is 0 Å². The normalized spacial score (nSPS) is 19.5. The van der Waals surface area contributed by atoms with Crippen LogP contribution >= 0.6 is 0 Å². The molecule has 1 unspecified atom stereocenters. The zero-order chi connectivity index (χ0) is 8.81. The van der Waals surface area contributed by atoms with E-state index < -0.39 is 0 Å². The minimum atomic E-state index is 0.755. The summed E-state index contributed by atoms with van der Waals surface area (Å²) in [6.07, 6.45) is 5.34. The highest BCUT2D eigenvalue weighted by molar-refractivity contribution is 4.85. The standard InChI is InChI=1S/C10H21NO/c1-3-12-8-4-5-10(11-2)9-6-7-9/h9-11H,3-8H2,1-2H3. The summed E-state index contributed by atoms with van der Waals surface area (Å²) in [6.45, 7) is 3.84. The molecule has 1 saturated carbocycles. The smallest absolute Gasteiger partial charge is 0.0466 e. The predicted molar refractivity (Wildman–Crippen MR) is 51.3 cm³/mol. The first-order valence-corrected chi connectivity index (χ1v) is 5.13.